The third-order valence-electron chi connectivity index (χ3n) is 2.54. The summed E-state index contributed by atoms with van der Waals surface area (Å²) in [6, 6.07) is 5.60. The number of hydrogen-bond donors (Lipinski definition) is 2. The number of hydrogen-bond acceptors (Lipinski definition) is 4. The van der Waals surface area contributed by atoms with Gasteiger partial charge in [0.15, 0.2) is 0 Å². The Labute approximate surface area is 110 Å². The molecular formula is C12H13NO3S2. The summed E-state index contributed by atoms with van der Waals surface area (Å²) in [4.78, 5) is 0.0652. The molecule has 0 unspecified atom stereocenters. The van der Waals surface area contributed by atoms with E-state index in [1.165, 1.54) is 24.3 Å². The van der Waals surface area contributed by atoms with Gasteiger partial charge in [0.2, 0.25) is 10.0 Å². The Morgan fingerprint density at radius 2 is 2.11 bits per heavy atom. The van der Waals surface area contributed by atoms with Crippen LogP contribution in [-0.2, 0) is 16.6 Å². The van der Waals surface area contributed by atoms with Crippen LogP contribution in [0.15, 0.2) is 39.9 Å². The van der Waals surface area contributed by atoms with Crippen LogP contribution in [-0.4, -0.2) is 13.5 Å². The third kappa shape index (κ3) is 2.90. The lowest BCUT2D eigenvalue weighted by atomic mass is 10.2. The highest BCUT2D eigenvalue weighted by atomic mass is 32.2. The molecule has 0 aliphatic heterocycles. The van der Waals surface area contributed by atoms with Crippen LogP contribution in [0.25, 0.3) is 0 Å². The van der Waals surface area contributed by atoms with Crippen molar-refractivity contribution in [2.24, 2.45) is 0 Å². The number of benzene rings is 1. The number of aryl methyl sites for hydroxylation is 1. The molecule has 1 heterocycles. The van der Waals surface area contributed by atoms with Crippen molar-refractivity contribution in [3.8, 4) is 5.75 Å². The molecule has 18 heavy (non-hydrogen) atoms. The van der Waals surface area contributed by atoms with E-state index in [0.717, 1.165) is 11.1 Å². The molecule has 0 amide bonds. The monoisotopic (exact) mass is 283 g/mol. The summed E-state index contributed by atoms with van der Waals surface area (Å²) < 4.78 is 26.5. The number of rotatable bonds is 4. The van der Waals surface area contributed by atoms with Crippen molar-refractivity contribution >= 4 is 21.4 Å². The van der Waals surface area contributed by atoms with Gasteiger partial charge in [-0.25, -0.2) is 13.1 Å². The van der Waals surface area contributed by atoms with Crippen molar-refractivity contribution in [1.82, 2.24) is 4.72 Å². The van der Waals surface area contributed by atoms with Crippen LogP contribution in [0.1, 0.15) is 11.1 Å². The van der Waals surface area contributed by atoms with Gasteiger partial charge in [0.1, 0.15) is 5.75 Å². The molecule has 0 saturated heterocycles. The third-order valence-corrected chi connectivity index (χ3v) is 4.85. The average molecular weight is 283 g/mol. The van der Waals surface area contributed by atoms with Crippen LogP contribution in [0.4, 0.5) is 0 Å². The van der Waals surface area contributed by atoms with Crippen LogP contribution >= 0.6 is 11.3 Å². The Bertz CT molecular complexity index is 647. The maximum atomic E-state index is 12.0. The molecule has 0 aliphatic rings. The summed E-state index contributed by atoms with van der Waals surface area (Å²) in [7, 11) is -3.58. The summed E-state index contributed by atoms with van der Waals surface area (Å²) in [5, 5.41) is 13.2. The fraction of sp³-hybridized carbons (Fsp3) is 0.167. The first-order valence-corrected chi connectivity index (χ1v) is 7.72. The van der Waals surface area contributed by atoms with Gasteiger partial charge in [-0.2, -0.15) is 11.3 Å². The van der Waals surface area contributed by atoms with Crippen LogP contribution in [0.2, 0.25) is 0 Å². The number of nitrogens with one attached hydrogen (secondary N) is 1. The minimum absolute atomic E-state index is 0.0652. The van der Waals surface area contributed by atoms with E-state index in [1.54, 1.807) is 11.3 Å². The molecule has 0 spiro atoms. The van der Waals surface area contributed by atoms with Crippen molar-refractivity contribution in [2.75, 3.05) is 0 Å². The van der Waals surface area contributed by atoms with Crippen molar-refractivity contribution in [3.05, 3.63) is 46.2 Å². The van der Waals surface area contributed by atoms with E-state index in [4.69, 9.17) is 0 Å². The van der Waals surface area contributed by atoms with Crippen LogP contribution in [0.3, 0.4) is 0 Å². The first kappa shape index (κ1) is 13.1. The predicted octanol–water partition coefficient (Wildman–Crippen LogP) is 2.24. The van der Waals surface area contributed by atoms with Crippen LogP contribution in [0.5, 0.6) is 5.75 Å². The first-order valence-electron chi connectivity index (χ1n) is 5.29. The van der Waals surface area contributed by atoms with Crippen LogP contribution < -0.4 is 4.72 Å². The van der Waals surface area contributed by atoms with Gasteiger partial charge < -0.3 is 5.11 Å². The van der Waals surface area contributed by atoms with Gasteiger partial charge in [-0.15, -0.1) is 0 Å². The quantitative estimate of drug-likeness (QED) is 0.904. The molecule has 0 bridgehead atoms. The molecule has 1 aromatic carbocycles. The Morgan fingerprint density at radius 1 is 1.33 bits per heavy atom. The van der Waals surface area contributed by atoms with E-state index in [1.807, 2.05) is 17.7 Å². The number of sulfonamides is 1. The molecule has 0 radical (unpaired) electrons. The van der Waals surface area contributed by atoms with Gasteiger partial charge in [-0.3, -0.25) is 0 Å². The Balaban J connectivity index is 2.16. The SMILES string of the molecule is Cc1cscc1CNS(=O)(=O)c1cccc(O)c1. The summed E-state index contributed by atoms with van der Waals surface area (Å²) >= 11 is 1.54. The topological polar surface area (TPSA) is 66.4 Å². The van der Waals surface area contributed by atoms with Crippen molar-refractivity contribution < 1.29 is 13.5 Å². The molecule has 6 heteroatoms. The van der Waals surface area contributed by atoms with Crippen LogP contribution in [0, 0.1) is 6.92 Å². The summed E-state index contributed by atoms with van der Waals surface area (Å²) in [5.41, 5.74) is 2.03. The van der Waals surface area contributed by atoms with E-state index in [-0.39, 0.29) is 17.2 Å². The van der Waals surface area contributed by atoms with Gasteiger partial charge in [-0.05, 0) is 47.0 Å². The molecule has 2 rings (SSSR count). The first-order chi connectivity index (χ1) is 8.49. The normalized spacial score (nSPS) is 11.6. The molecule has 0 fully saturated rings. The van der Waals surface area contributed by atoms with E-state index >= 15 is 0 Å². The predicted molar refractivity (Wildman–Crippen MR) is 71.2 cm³/mol. The van der Waals surface area contributed by atoms with Gasteiger partial charge in [0.25, 0.3) is 0 Å². The zero-order valence-corrected chi connectivity index (χ0v) is 11.4. The highest BCUT2D eigenvalue weighted by Gasteiger charge is 2.14. The van der Waals surface area contributed by atoms with E-state index < -0.39 is 10.0 Å². The van der Waals surface area contributed by atoms with Gasteiger partial charge in [0.05, 0.1) is 4.90 Å². The number of aromatic hydroxyl groups is 1. The minimum Gasteiger partial charge on any atom is -0.508 e. The molecule has 4 nitrogen and oxygen atoms in total. The fourth-order valence-corrected chi connectivity index (χ4v) is 3.38. The maximum Gasteiger partial charge on any atom is 0.241 e. The molecule has 2 N–H and O–H groups in total. The lowest BCUT2D eigenvalue weighted by molar-refractivity contribution is 0.473. The molecule has 96 valence electrons. The lowest BCUT2D eigenvalue weighted by Crippen LogP contribution is -2.23. The van der Waals surface area contributed by atoms with Gasteiger partial charge in [0, 0.05) is 6.54 Å². The molecule has 1 aromatic heterocycles. The zero-order valence-electron chi connectivity index (χ0n) is 9.75. The summed E-state index contributed by atoms with van der Waals surface area (Å²) in [5.74, 6) is -0.0652. The van der Waals surface area contributed by atoms with E-state index in [9.17, 15) is 13.5 Å². The summed E-state index contributed by atoms with van der Waals surface area (Å²) in [6.07, 6.45) is 0. The fourth-order valence-electron chi connectivity index (χ4n) is 1.47. The summed E-state index contributed by atoms with van der Waals surface area (Å²) in [6.45, 7) is 2.20. The highest BCUT2D eigenvalue weighted by Crippen LogP contribution is 2.17. The molecule has 2 aromatic rings. The molecule has 0 atom stereocenters. The van der Waals surface area contributed by atoms with Crippen molar-refractivity contribution in [3.63, 3.8) is 0 Å². The smallest absolute Gasteiger partial charge is 0.241 e. The minimum atomic E-state index is -3.58. The number of phenols is 1. The van der Waals surface area contributed by atoms with Gasteiger partial charge in [-0.1, -0.05) is 6.07 Å². The van der Waals surface area contributed by atoms with Crippen molar-refractivity contribution in [2.45, 2.75) is 18.4 Å². The molecule has 0 saturated carbocycles. The second-order valence-electron chi connectivity index (χ2n) is 3.90. The second-order valence-corrected chi connectivity index (χ2v) is 6.41. The molecular weight excluding hydrogens is 270 g/mol. The van der Waals surface area contributed by atoms with E-state index in [0.29, 0.717) is 0 Å². The lowest BCUT2D eigenvalue weighted by Gasteiger charge is -2.06. The van der Waals surface area contributed by atoms with E-state index in [2.05, 4.69) is 4.72 Å². The second kappa shape index (κ2) is 5.09. The number of thiophene rings is 1. The zero-order chi connectivity index (χ0) is 13.2. The molecule has 0 aliphatic carbocycles. The van der Waals surface area contributed by atoms with Gasteiger partial charge >= 0.3 is 0 Å². The Kier molecular flexibility index (Phi) is 3.70. The van der Waals surface area contributed by atoms with Crippen molar-refractivity contribution in [1.29, 1.82) is 0 Å². The number of phenolic OH excluding ortho intramolecular Hbond substituents is 1. The highest BCUT2D eigenvalue weighted by molar-refractivity contribution is 7.89. The largest absolute Gasteiger partial charge is 0.508 e. The Hall–Kier alpha value is -1.37. The maximum absolute atomic E-state index is 12.0. The Morgan fingerprint density at radius 3 is 2.72 bits per heavy atom. The average Bonchev–Trinajstić information content (AvgIpc) is 2.72. The standard InChI is InChI=1S/C12H13NO3S2/c1-9-7-17-8-10(9)6-13-18(15,16)12-4-2-3-11(14)5-12/h2-5,7-8,13-14H,6H2,1H3.